The molecule has 10 heteroatoms. The van der Waals surface area contributed by atoms with Crippen LogP contribution in [0.2, 0.25) is 0 Å². The second-order valence-electron chi connectivity index (χ2n) is 11.1. The first-order valence-electron chi connectivity index (χ1n) is 13.6. The van der Waals surface area contributed by atoms with Gasteiger partial charge in [0.2, 0.25) is 0 Å². The van der Waals surface area contributed by atoms with Gasteiger partial charge >= 0.3 is 23.9 Å². The monoisotopic (exact) mass is 608 g/mol. The molecule has 228 valence electrons. The van der Waals surface area contributed by atoms with Crippen molar-refractivity contribution in [3.05, 3.63) is 140 Å². The predicted octanol–water partition coefficient (Wildman–Crippen LogP) is 5.88. The Morgan fingerprint density at radius 1 is 0.444 bits per heavy atom. The summed E-state index contributed by atoms with van der Waals surface area (Å²) in [5.41, 5.74) is 1.23. The predicted molar refractivity (Wildman–Crippen MR) is 162 cm³/mol. The number of benzene rings is 4. The fraction of sp³-hybridized carbons (Fsp3) is 0.143. The van der Waals surface area contributed by atoms with Crippen LogP contribution in [0, 0.1) is 13.8 Å². The molecule has 0 bridgehead atoms. The molecule has 0 aliphatic rings. The molecule has 0 aliphatic heterocycles. The Labute approximate surface area is 257 Å². The lowest BCUT2D eigenvalue weighted by atomic mass is 9.76. The summed E-state index contributed by atoms with van der Waals surface area (Å²) < 4.78 is 0. The van der Waals surface area contributed by atoms with Crippen molar-refractivity contribution in [1.82, 2.24) is 0 Å². The molecule has 0 spiro atoms. The average molecular weight is 609 g/mol. The van der Waals surface area contributed by atoms with Gasteiger partial charge in [0.25, 0.3) is 0 Å². The van der Waals surface area contributed by atoms with Gasteiger partial charge in [-0.3, -0.25) is 9.59 Å². The molecule has 0 aliphatic carbocycles. The molecule has 0 amide bonds. The van der Waals surface area contributed by atoms with Crippen LogP contribution < -0.4 is 0 Å². The van der Waals surface area contributed by atoms with Gasteiger partial charge < -0.3 is 20.4 Å². The second-order valence-corrected chi connectivity index (χ2v) is 11.1. The zero-order valence-electron chi connectivity index (χ0n) is 24.7. The Hall–Kier alpha value is -5.90. The van der Waals surface area contributed by atoms with Crippen LogP contribution >= 0.6 is 0 Å². The average Bonchev–Trinajstić information content (AvgIpc) is 2.99. The highest BCUT2D eigenvalue weighted by atomic mass is 16.4. The molecule has 4 aromatic carbocycles. The van der Waals surface area contributed by atoms with Gasteiger partial charge in [0.05, 0.1) is 22.3 Å². The van der Waals surface area contributed by atoms with E-state index >= 15 is 0 Å². The number of aryl methyl sites for hydroxylation is 2. The topological polar surface area (TPSA) is 183 Å². The summed E-state index contributed by atoms with van der Waals surface area (Å²) >= 11 is 0. The molecule has 0 aromatic heterocycles. The standard InChI is InChI=1S/C35H28O10/c1-17-13-21(7-11-23(17)29(36)19-5-9-25(31(38)39)27(15-19)33(42)43)35(3,4)22-8-12-24(18(2)14-22)30(37)20-6-10-26(32(40)41)28(16-20)34(44)45/h5-16H,1-4H3,(H,38,39)(H,40,41)(H,42,43)(H,44,45). The van der Waals surface area contributed by atoms with Gasteiger partial charge in [0.15, 0.2) is 11.6 Å². The van der Waals surface area contributed by atoms with Gasteiger partial charge in [-0.1, -0.05) is 62.4 Å². The van der Waals surface area contributed by atoms with Gasteiger partial charge in [-0.25, -0.2) is 19.2 Å². The zero-order chi connectivity index (χ0) is 33.4. The summed E-state index contributed by atoms with van der Waals surface area (Å²) in [5.74, 6) is -6.66. The number of rotatable bonds is 10. The molecule has 0 fully saturated rings. The number of hydrogen-bond acceptors (Lipinski definition) is 6. The molecule has 0 atom stereocenters. The lowest BCUT2D eigenvalue weighted by Gasteiger charge is -2.28. The first-order valence-corrected chi connectivity index (χ1v) is 13.6. The molecule has 4 rings (SSSR count). The molecule has 0 saturated carbocycles. The highest BCUT2D eigenvalue weighted by Crippen LogP contribution is 2.34. The van der Waals surface area contributed by atoms with E-state index in [0.29, 0.717) is 22.3 Å². The van der Waals surface area contributed by atoms with Crippen molar-refractivity contribution < 1.29 is 49.2 Å². The van der Waals surface area contributed by atoms with Crippen molar-refractivity contribution in [2.24, 2.45) is 0 Å². The van der Waals surface area contributed by atoms with Crippen LogP contribution in [0.25, 0.3) is 0 Å². The molecule has 4 aromatic rings. The maximum Gasteiger partial charge on any atom is 0.336 e. The highest BCUT2D eigenvalue weighted by Gasteiger charge is 2.27. The van der Waals surface area contributed by atoms with Gasteiger partial charge in [-0.2, -0.15) is 0 Å². The van der Waals surface area contributed by atoms with Gasteiger partial charge in [0, 0.05) is 27.7 Å². The Morgan fingerprint density at radius 2 is 0.756 bits per heavy atom. The van der Waals surface area contributed by atoms with Crippen molar-refractivity contribution in [2.75, 3.05) is 0 Å². The molecule has 0 radical (unpaired) electrons. The molecule has 0 unspecified atom stereocenters. The number of aromatic carboxylic acids is 4. The Balaban J connectivity index is 1.64. The minimum Gasteiger partial charge on any atom is -0.478 e. The van der Waals surface area contributed by atoms with E-state index in [1.54, 1.807) is 38.1 Å². The van der Waals surface area contributed by atoms with Crippen molar-refractivity contribution in [3.8, 4) is 0 Å². The highest BCUT2D eigenvalue weighted by molar-refractivity contribution is 6.13. The fourth-order valence-corrected chi connectivity index (χ4v) is 5.19. The van der Waals surface area contributed by atoms with Crippen LogP contribution in [-0.2, 0) is 5.41 Å². The first-order chi connectivity index (χ1) is 21.0. The lowest BCUT2D eigenvalue weighted by Crippen LogP contribution is -2.20. The van der Waals surface area contributed by atoms with Crippen LogP contribution in [0.15, 0.2) is 72.8 Å². The third kappa shape index (κ3) is 6.12. The summed E-state index contributed by atoms with van der Waals surface area (Å²) in [6.45, 7) is 7.41. The van der Waals surface area contributed by atoms with E-state index < -0.39 is 63.1 Å². The van der Waals surface area contributed by atoms with Crippen molar-refractivity contribution in [2.45, 2.75) is 33.1 Å². The van der Waals surface area contributed by atoms with E-state index in [0.717, 1.165) is 35.4 Å². The molecular weight excluding hydrogens is 580 g/mol. The molecule has 0 saturated heterocycles. The van der Waals surface area contributed by atoms with Crippen LogP contribution in [-0.4, -0.2) is 55.9 Å². The van der Waals surface area contributed by atoms with Crippen LogP contribution in [0.3, 0.4) is 0 Å². The molecule has 4 N–H and O–H groups in total. The van der Waals surface area contributed by atoms with Gasteiger partial charge in [-0.05, 0) is 60.4 Å². The van der Waals surface area contributed by atoms with E-state index in [9.17, 15) is 49.2 Å². The number of ketones is 2. The van der Waals surface area contributed by atoms with Crippen molar-refractivity contribution in [3.63, 3.8) is 0 Å². The van der Waals surface area contributed by atoms with E-state index in [-0.39, 0.29) is 11.1 Å². The Kier molecular flexibility index (Phi) is 8.54. The second kappa shape index (κ2) is 12.0. The molecule has 10 nitrogen and oxygen atoms in total. The zero-order valence-corrected chi connectivity index (χ0v) is 24.7. The SMILES string of the molecule is Cc1cc(C(C)(C)c2ccc(C(=O)c3ccc(C(=O)O)c(C(=O)O)c3)c(C)c2)ccc1C(=O)c1ccc(C(=O)O)c(C(=O)O)c1. The van der Waals surface area contributed by atoms with E-state index in [1.165, 1.54) is 12.1 Å². The molecule has 0 heterocycles. The number of hydrogen-bond donors (Lipinski definition) is 4. The first kappa shape index (κ1) is 32.0. The lowest BCUT2D eigenvalue weighted by molar-refractivity contribution is 0.0651. The van der Waals surface area contributed by atoms with Crippen LogP contribution in [0.1, 0.15) is 109 Å². The Morgan fingerprint density at radius 3 is 1.04 bits per heavy atom. The maximum atomic E-state index is 13.3. The summed E-state index contributed by atoms with van der Waals surface area (Å²) in [6, 6.07) is 17.3. The summed E-state index contributed by atoms with van der Waals surface area (Å²) in [5, 5.41) is 37.4. The summed E-state index contributed by atoms with van der Waals surface area (Å²) in [7, 11) is 0. The van der Waals surface area contributed by atoms with E-state index in [2.05, 4.69) is 0 Å². The maximum absolute atomic E-state index is 13.3. The van der Waals surface area contributed by atoms with Gasteiger partial charge in [-0.15, -0.1) is 0 Å². The van der Waals surface area contributed by atoms with E-state index in [4.69, 9.17) is 0 Å². The minimum absolute atomic E-state index is 0.0384. The third-order valence-electron chi connectivity index (χ3n) is 7.87. The summed E-state index contributed by atoms with van der Waals surface area (Å²) in [4.78, 5) is 72.5. The quantitative estimate of drug-likeness (QED) is 0.158. The van der Waals surface area contributed by atoms with Crippen LogP contribution in [0.4, 0.5) is 0 Å². The van der Waals surface area contributed by atoms with Gasteiger partial charge in [0.1, 0.15) is 0 Å². The smallest absolute Gasteiger partial charge is 0.336 e. The van der Waals surface area contributed by atoms with Crippen LogP contribution in [0.5, 0.6) is 0 Å². The number of carbonyl (C=O) groups excluding carboxylic acids is 2. The van der Waals surface area contributed by atoms with Crippen molar-refractivity contribution in [1.29, 1.82) is 0 Å². The summed E-state index contributed by atoms with van der Waals surface area (Å²) in [6.07, 6.45) is 0. The largest absolute Gasteiger partial charge is 0.478 e. The fourth-order valence-electron chi connectivity index (χ4n) is 5.19. The molecular formula is C35H28O10. The Bertz CT molecular complexity index is 1810. The number of carbonyl (C=O) groups is 6. The third-order valence-corrected chi connectivity index (χ3v) is 7.87. The molecule has 45 heavy (non-hydrogen) atoms. The minimum atomic E-state index is -1.46. The van der Waals surface area contributed by atoms with Crippen molar-refractivity contribution >= 4 is 35.4 Å². The number of carboxylic acids is 4. The number of carboxylic acid groups (broad SMARTS) is 4. The normalized spacial score (nSPS) is 11.1. The van der Waals surface area contributed by atoms with E-state index in [1.807, 2.05) is 26.0 Å².